The number of hydrogen-bond donors (Lipinski definition) is 1. The van der Waals surface area contributed by atoms with Crippen molar-refractivity contribution in [1.82, 2.24) is 19.7 Å². The van der Waals surface area contributed by atoms with Gasteiger partial charge in [0.15, 0.2) is 5.16 Å². The van der Waals surface area contributed by atoms with Crippen LogP contribution in [0.3, 0.4) is 0 Å². The molecular weight excluding hydrogens is 296 g/mol. The summed E-state index contributed by atoms with van der Waals surface area (Å²) in [5, 5.41) is 17.4. The van der Waals surface area contributed by atoms with E-state index in [0.717, 1.165) is 12.8 Å². The highest BCUT2D eigenvalue weighted by atomic mass is 32.2. The average Bonchev–Trinajstić information content (AvgIpc) is 3.19. The van der Waals surface area contributed by atoms with Crippen molar-refractivity contribution in [3.63, 3.8) is 0 Å². The Kier molecular flexibility index (Phi) is 5.57. The Morgan fingerprint density at radius 2 is 2.33 bits per heavy atom. The van der Waals surface area contributed by atoms with E-state index in [9.17, 15) is 9.59 Å². The maximum Gasteiger partial charge on any atom is 0.323 e. The van der Waals surface area contributed by atoms with Gasteiger partial charge in [-0.05, 0) is 12.8 Å². The average molecular weight is 314 g/mol. The van der Waals surface area contributed by atoms with Crippen LogP contribution in [0.1, 0.15) is 18.9 Å². The molecule has 1 aromatic rings. The number of carboxylic acid groups (broad SMARTS) is 1. The normalized spacial score (nSPS) is 14.1. The molecule has 0 aliphatic heterocycles. The van der Waals surface area contributed by atoms with Gasteiger partial charge in [-0.25, -0.2) is 0 Å². The number of ether oxygens (including phenoxy) is 1. The summed E-state index contributed by atoms with van der Waals surface area (Å²) in [6, 6.07) is 0.446. The molecule has 0 radical (unpaired) electrons. The molecule has 8 nitrogen and oxygen atoms in total. The Bertz CT molecular complexity index is 503. The summed E-state index contributed by atoms with van der Waals surface area (Å²) < 4.78 is 6.86. The number of amides is 1. The number of thioether (sulfide) groups is 1. The van der Waals surface area contributed by atoms with E-state index in [2.05, 4.69) is 10.2 Å². The van der Waals surface area contributed by atoms with Gasteiger partial charge in [0.25, 0.3) is 0 Å². The molecule has 0 spiro atoms. The van der Waals surface area contributed by atoms with Gasteiger partial charge in [-0.2, -0.15) is 0 Å². The lowest BCUT2D eigenvalue weighted by Gasteiger charge is -2.19. The smallest absolute Gasteiger partial charge is 0.323 e. The van der Waals surface area contributed by atoms with E-state index in [1.165, 1.54) is 23.8 Å². The number of carbonyl (C=O) groups excluding carboxylic acids is 1. The quantitative estimate of drug-likeness (QED) is 0.653. The molecule has 1 heterocycles. The van der Waals surface area contributed by atoms with Crippen LogP contribution in [-0.4, -0.2) is 69.2 Å². The summed E-state index contributed by atoms with van der Waals surface area (Å²) in [6.07, 6.45) is 3.89. The fraction of sp³-hybridized carbons (Fsp3) is 0.667. The van der Waals surface area contributed by atoms with Crippen LogP contribution < -0.4 is 0 Å². The predicted octanol–water partition coefficient (Wildman–Crippen LogP) is 0.265. The first kappa shape index (κ1) is 15.8. The van der Waals surface area contributed by atoms with Gasteiger partial charge in [-0.3, -0.25) is 9.59 Å². The Morgan fingerprint density at radius 3 is 2.95 bits per heavy atom. The largest absolute Gasteiger partial charge is 0.480 e. The molecule has 21 heavy (non-hydrogen) atoms. The minimum Gasteiger partial charge on any atom is -0.480 e. The van der Waals surface area contributed by atoms with Crippen LogP contribution in [0.15, 0.2) is 11.5 Å². The second-order valence-corrected chi connectivity index (χ2v) is 5.68. The summed E-state index contributed by atoms with van der Waals surface area (Å²) in [5.74, 6) is -1.14. The number of rotatable bonds is 9. The summed E-state index contributed by atoms with van der Waals surface area (Å²) in [7, 11) is 1.51. The highest BCUT2D eigenvalue weighted by Crippen LogP contribution is 2.37. The Labute approximate surface area is 126 Å². The molecule has 0 atom stereocenters. The van der Waals surface area contributed by atoms with Gasteiger partial charge >= 0.3 is 5.97 Å². The molecule has 9 heteroatoms. The fourth-order valence-corrected chi connectivity index (χ4v) is 2.70. The number of hydrogen-bond acceptors (Lipinski definition) is 6. The van der Waals surface area contributed by atoms with Crippen LogP contribution in [0.2, 0.25) is 0 Å². The van der Waals surface area contributed by atoms with E-state index in [4.69, 9.17) is 9.84 Å². The molecule has 0 bridgehead atoms. The lowest BCUT2D eigenvalue weighted by molar-refractivity contribution is -0.143. The number of aliphatic carboxylic acids is 1. The number of methoxy groups -OCH3 is 1. The van der Waals surface area contributed by atoms with Crippen LogP contribution >= 0.6 is 11.8 Å². The standard InChI is InChI=1S/C12H18N4O4S/c1-20-5-4-15(6-11(18)19)10(17)7-21-12-14-13-8-16(12)9-2-3-9/h8-9H,2-7H2,1H3,(H,18,19). The molecule has 0 saturated heterocycles. The van der Waals surface area contributed by atoms with E-state index in [-0.39, 0.29) is 24.7 Å². The van der Waals surface area contributed by atoms with E-state index in [1.807, 2.05) is 4.57 Å². The first-order valence-corrected chi connectivity index (χ1v) is 7.61. The molecule has 1 amide bonds. The van der Waals surface area contributed by atoms with Crippen molar-refractivity contribution < 1.29 is 19.4 Å². The zero-order valence-corrected chi connectivity index (χ0v) is 12.6. The first-order chi connectivity index (χ1) is 10.1. The number of nitrogens with zero attached hydrogens (tertiary/aromatic N) is 4. The maximum atomic E-state index is 12.1. The van der Waals surface area contributed by atoms with Gasteiger partial charge in [0, 0.05) is 19.7 Å². The zero-order valence-electron chi connectivity index (χ0n) is 11.8. The molecule has 1 aromatic heterocycles. The van der Waals surface area contributed by atoms with E-state index in [1.54, 1.807) is 6.33 Å². The van der Waals surface area contributed by atoms with Gasteiger partial charge in [-0.15, -0.1) is 10.2 Å². The zero-order chi connectivity index (χ0) is 15.2. The second-order valence-electron chi connectivity index (χ2n) is 4.74. The molecule has 1 fully saturated rings. The van der Waals surface area contributed by atoms with Gasteiger partial charge in [0.1, 0.15) is 12.9 Å². The summed E-state index contributed by atoms with van der Waals surface area (Å²) in [6.45, 7) is 0.248. The minimum absolute atomic E-state index is 0.141. The van der Waals surface area contributed by atoms with Gasteiger partial charge in [0.2, 0.25) is 5.91 Å². The number of carbonyl (C=O) groups is 2. The van der Waals surface area contributed by atoms with Crippen LogP contribution in [0.4, 0.5) is 0 Å². The number of carboxylic acids is 1. The molecule has 1 aliphatic rings. The highest BCUT2D eigenvalue weighted by Gasteiger charge is 2.27. The lowest BCUT2D eigenvalue weighted by atomic mass is 10.4. The molecule has 116 valence electrons. The summed E-state index contributed by atoms with van der Waals surface area (Å²) >= 11 is 1.28. The van der Waals surface area contributed by atoms with Gasteiger partial charge < -0.3 is 19.3 Å². The third kappa shape index (κ3) is 4.71. The van der Waals surface area contributed by atoms with Crippen molar-refractivity contribution in [2.75, 3.05) is 32.6 Å². The van der Waals surface area contributed by atoms with Crippen molar-refractivity contribution in [3.05, 3.63) is 6.33 Å². The third-order valence-electron chi connectivity index (χ3n) is 3.05. The van der Waals surface area contributed by atoms with E-state index >= 15 is 0 Å². The fourth-order valence-electron chi connectivity index (χ4n) is 1.81. The predicted molar refractivity (Wildman–Crippen MR) is 75.1 cm³/mol. The van der Waals surface area contributed by atoms with Crippen molar-refractivity contribution in [1.29, 1.82) is 0 Å². The Morgan fingerprint density at radius 1 is 1.57 bits per heavy atom. The monoisotopic (exact) mass is 314 g/mol. The van der Waals surface area contributed by atoms with Crippen LogP contribution in [0.25, 0.3) is 0 Å². The van der Waals surface area contributed by atoms with Gasteiger partial charge in [0.05, 0.1) is 12.4 Å². The van der Waals surface area contributed by atoms with E-state index < -0.39 is 5.97 Å². The molecule has 2 rings (SSSR count). The van der Waals surface area contributed by atoms with E-state index in [0.29, 0.717) is 17.8 Å². The third-order valence-corrected chi connectivity index (χ3v) is 3.99. The molecular formula is C12H18N4O4S. The summed E-state index contributed by atoms with van der Waals surface area (Å²) in [5.41, 5.74) is 0. The van der Waals surface area contributed by atoms with Crippen molar-refractivity contribution in [3.8, 4) is 0 Å². The van der Waals surface area contributed by atoms with Crippen LogP contribution in [0.5, 0.6) is 0 Å². The van der Waals surface area contributed by atoms with Crippen molar-refractivity contribution in [2.24, 2.45) is 0 Å². The summed E-state index contributed by atoms with van der Waals surface area (Å²) in [4.78, 5) is 24.2. The van der Waals surface area contributed by atoms with Crippen LogP contribution in [-0.2, 0) is 14.3 Å². The topological polar surface area (TPSA) is 97.6 Å². The maximum absolute atomic E-state index is 12.1. The molecule has 1 saturated carbocycles. The van der Waals surface area contributed by atoms with Crippen molar-refractivity contribution >= 4 is 23.6 Å². The van der Waals surface area contributed by atoms with Crippen molar-refractivity contribution in [2.45, 2.75) is 24.0 Å². The Balaban J connectivity index is 1.88. The van der Waals surface area contributed by atoms with Crippen LogP contribution in [0, 0.1) is 0 Å². The lowest BCUT2D eigenvalue weighted by Crippen LogP contribution is -2.39. The number of aromatic nitrogens is 3. The molecule has 1 aliphatic carbocycles. The second kappa shape index (κ2) is 7.41. The first-order valence-electron chi connectivity index (χ1n) is 6.62. The Hall–Kier alpha value is -1.61. The minimum atomic E-state index is -1.04. The highest BCUT2D eigenvalue weighted by molar-refractivity contribution is 7.99. The SMILES string of the molecule is COCCN(CC(=O)O)C(=O)CSc1nncn1C1CC1. The van der Waals surface area contributed by atoms with Gasteiger partial charge in [-0.1, -0.05) is 11.8 Å². The molecule has 0 aromatic carbocycles. The molecule has 0 unspecified atom stereocenters. The molecule has 1 N–H and O–H groups in total.